The lowest BCUT2D eigenvalue weighted by Crippen LogP contribution is -2.18. The van der Waals surface area contributed by atoms with Crippen LogP contribution in [0, 0.1) is 5.82 Å². The third-order valence-electron chi connectivity index (χ3n) is 4.90. The first-order valence-corrected chi connectivity index (χ1v) is 11.3. The van der Waals surface area contributed by atoms with Gasteiger partial charge < -0.3 is 24.8 Å². The van der Waals surface area contributed by atoms with Crippen LogP contribution >= 0.6 is 0 Å². The van der Waals surface area contributed by atoms with Crippen LogP contribution in [-0.2, 0) is 10.0 Å². The van der Waals surface area contributed by atoms with Gasteiger partial charge in [-0.05, 0) is 36.4 Å². The molecule has 0 fully saturated rings. The minimum absolute atomic E-state index is 0.000899. The molecule has 10 nitrogen and oxygen atoms in total. The topological polar surface area (TPSA) is 142 Å². The summed E-state index contributed by atoms with van der Waals surface area (Å²) < 4.78 is 52.6. The number of fused-ring (bicyclic) bond motifs is 1. The SMILES string of the molecule is COc1cc(S(=O)(=O)Nc2ccccc2F)cc(C(=O)Nc2ccc3[nH]c(=O)[nH]c3c2)c1OC. The number of hydrogen-bond donors (Lipinski definition) is 4. The number of carbonyl (C=O) groups excluding carboxylic acids is 1. The summed E-state index contributed by atoms with van der Waals surface area (Å²) in [6.45, 7) is 0. The van der Waals surface area contributed by atoms with Crippen LogP contribution in [-0.4, -0.2) is 38.5 Å². The van der Waals surface area contributed by atoms with Crippen LogP contribution in [0.3, 0.4) is 0 Å². The fourth-order valence-corrected chi connectivity index (χ4v) is 4.43. The molecule has 0 aliphatic carbocycles. The Balaban J connectivity index is 1.73. The van der Waals surface area contributed by atoms with E-state index in [-0.39, 0.29) is 27.6 Å². The van der Waals surface area contributed by atoms with Gasteiger partial charge in [0.25, 0.3) is 15.9 Å². The Hall–Kier alpha value is -4.32. The number of amides is 1. The average Bonchev–Trinajstić information content (AvgIpc) is 3.18. The lowest BCUT2D eigenvalue weighted by atomic mass is 10.1. The number of methoxy groups -OCH3 is 2. The number of carbonyl (C=O) groups is 1. The Bertz CT molecular complexity index is 1560. The quantitative estimate of drug-likeness (QED) is 0.316. The van der Waals surface area contributed by atoms with Crippen molar-refractivity contribution < 1.29 is 27.1 Å². The molecule has 0 bridgehead atoms. The molecule has 0 saturated carbocycles. The number of rotatable bonds is 7. The maximum absolute atomic E-state index is 14.0. The highest BCUT2D eigenvalue weighted by molar-refractivity contribution is 7.92. The van der Waals surface area contributed by atoms with E-state index in [0.29, 0.717) is 16.7 Å². The number of sulfonamides is 1. The highest BCUT2D eigenvalue weighted by atomic mass is 32.2. The van der Waals surface area contributed by atoms with Crippen molar-refractivity contribution in [1.29, 1.82) is 0 Å². The van der Waals surface area contributed by atoms with Crippen molar-refractivity contribution in [3.05, 3.63) is 76.5 Å². The highest BCUT2D eigenvalue weighted by Crippen LogP contribution is 2.35. The van der Waals surface area contributed by atoms with Crippen LogP contribution in [0.1, 0.15) is 10.4 Å². The lowest BCUT2D eigenvalue weighted by molar-refractivity contribution is 0.102. The molecule has 1 heterocycles. The van der Waals surface area contributed by atoms with Crippen LogP contribution in [0.4, 0.5) is 15.8 Å². The maximum atomic E-state index is 14.0. The molecule has 0 atom stereocenters. The molecule has 3 aromatic carbocycles. The van der Waals surface area contributed by atoms with Gasteiger partial charge in [0.05, 0.1) is 41.4 Å². The maximum Gasteiger partial charge on any atom is 0.323 e. The summed E-state index contributed by atoms with van der Waals surface area (Å²) in [6.07, 6.45) is 0. The molecular weight excluding hydrogens is 467 g/mol. The van der Waals surface area contributed by atoms with E-state index in [1.54, 1.807) is 12.1 Å². The molecule has 0 saturated heterocycles. The van der Waals surface area contributed by atoms with E-state index in [2.05, 4.69) is 20.0 Å². The molecule has 34 heavy (non-hydrogen) atoms. The van der Waals surface area contributed by atoms with E-state index < -0.39 is 27.4 Å². The van der Waals surface area contributed by atoms with Crippen molar-refractivity contribution in [3.8, 4) is 11.5 Å². The number of aromatic nitrogens is 2. The third kappa shape index (κ3) is 4.43. The Morgan fingerprint density at radius 2 is 1.71 bits per heavy atom. The van der Waals surface area contributed by atoms with Crippen molar-refractivity contribution in [3.63, 3.8) is 0 Å². The molecule has 176 valence electrons. The molecule has 0 aliphatic rings. The Labute approximate surface area is 192 Å². The number of para-hydroxylation sites is 1. The van der Waals surface area contributed by atoms with E-state index in [4.69, 9.17) is 9.47 Å². The molecule has 4 N–H and O–H groups in total. The second-order valence-electron chi connectivity index (χ2n) is 7.09. The first kappa shape index (κ1) is 22.9. The van der Waals surface area contributed by atoms with Gasteiger partial charge in [-0.2, -0.15) is 0 Å². The number of aromatic amines is 2. The first-order valence-electron chi connectivity index (χ1n) is 9.78. The minimum Gasteiger partial charge on any atom is -0.493 e. The summed E-state index contributed by atoms with van der Waals surface area (Å²) >= 11 is 0. The molecule has 0 aliphatic heterocycles. The van der Waals surface area contributed by atoms with Crippen molar-refractivity contribution in [2.24, 2.45) is 0 Å². The van der Waals surface area contributed by atoms with Crippen LogP contribution in [0.2, 0.25) is 0 Å². The average molecular weight is 486 g/mol. The Morgan fingerprint density at radius 1 is 0.971 bits per heavy atom. The van der Waals surface area contributed by atoms with Crippen molar-refractivity contribution in [2.45, 2.75) is 4.90 Å². The normalized spacial score (nSPS) is 11.3. The number of hydrogen-bond acceptors (Lipinski definition) is 6. The zero-order chi connectivity index (χ0) is 24.5. The summed E-state index contributed by atoms with van der Waals surface area (Å²) in [5.74, 6) is -1.48. The van der Waals surface area contributed by atoms with Crippen LogP contribution in [0.5, 0.6) is 11.5 Å². The summed E-state index contributed by atoms with van der Waals surface area (Å²) in [6, 6.07) is 12.2. The standard InChI is InChI=1S/C22H19FN4O6S/c1-32-19-11-13(34(30,31)27-16-6-4-3-5-15(16)23)10-14(20(19)33-2)21(28)24-12-7-8-17-18(9-12)26-22(29)25-17/h3-11,27H,1-2H3,(H,24,28)(H2,25,26,29). The van der Waals surface area contributed by atoms with Gasteiger partial charge in [0.15, 0.2) is 11.5 Å². The van der Waals surface area contributed by atoms with Crippen molar-refractivity contribution in [2.75, 3.05) is 24.3 Å². The van der Waals surface area contributed by atoms with E-state index in [0.717, 1.165) is 18.2 Å². The zero-order valence-electron chi connectivity index (χ0n) is 17.9. The second-order valence-corrected chi connectivity index (χ2v) is 8.77. The molecule has 0 spiro atoms. The zero-order valence-corrected chi connectivity index (χ0v) is 18.7. The smallest absolute Gasteiger partial charge is 0.323 e. The van der Waals surface area contributed by atoms with Crippen molar-refractivity contribution in [1.82, 2.24) is 9.97 Å². The summed E-state index contributed by atoms with van der Waals surface area (Å²) in [7, 11) is -1.71. The predicted octanol–water partition coefficient (Wildman–Crippen LogP) is 3.07. The van der Waals surface area contributed by atoms with Crippen LogP contribution < -0.4 is 25.2 Å². The van der Waals surface area contributed by atoms with Gasteiger partial charge >= 0.3 is 5.69 Å². The number of ether oxygens (including phenoxy) is 2. The van der Waals surface area contributed by atoms with Gasteiger partial charge in [-0.15, -0.1) is 0 Å². The predicted molar refractivity (Wildman–Crippen MR) is 124 cm³/mol. The summed E-state index contributed by atoms with van der Waals surface area (Å²) in [5, 5.41) is 2.64. The number of halogens is 1. The van der Waals surface area contributed by atoms with Gasteiger partial charge in [-0.1, -0.05) is 12.1 Å². The lowest BCUT2D eigenvalue weighted by Gasteiger charge is -2.16. The molecule has 0 radical (unpaired) electrons. The summed E-state index contributed by atoms with van der Waals surface area (Å²) in [4.78, 5) is 29.4. The number of benzene rings is 3. The van der Waals surface area contributed by atoms with Gasteiger partial charge in [0.2, 0.25) is 0 Å². The van der Waals surface area contributed by atoms with Gasteiger partial charge in [0.1, 0.15) is 5.82 Å². The highest BCUT2D eigenvalue weighted by Gasteiger charge is 2.25. The van der Waals surface area contributed by atoms with Crippen molar-refractivity contribution >= 4 is 38.3 Å². The van der Waals surface area contributed by atoms with Gasteiger partial charge in [-0.3, -0.25) is 9.52 Å². The fraction of sp³-hybridized carbons (Fsp3) is 0.0909. The largest absolute Gasteiger partial charge is 0.493 e. The second kappa shape index (κ2) is 8.90. The molecule has 1 amide bonds. The van der Waals surface area contributed by atoms with Crippen LogP contribution in [0.25, 0.3) is 11.0 Å². The van der Waals surface area contributed by atoms with E-state index in [1.807, 2.05) is 0 Å². The molecular formula is C22H19FN4O6S. The first-order chi connectivity index (χ1) is 16.2. The van der Waals surface area contributed by atoms with Crippen LogP contribution in [0.15, 0.2) is 64.3 Å². The number of imidazole rings is 1. The van der Waals surface area contributed by atoms with E-state index >= 15 is 0 Å². The number of anilines is 2. The van der Waals surface area contributed by atoms with Gasteiger partial charge in [0, 0.05) is 11.8 Å². The Kier molecular flexibility index (Phi) is 5.99. The van der Waals surface area contributed by atoms with Gasteiger partial charge in [-0.25, -0.2) is 17.6 Å². The number of H-pyrrole nitrogens is 2. The molecule has 1 aromatic heterocycles. The van der Waals surface area contributed by atoms with E-state index in [9.17, 15) is 22.4 Å². The molecule has 0 unspecified atom stereocenters. The monoisotopic (exact) mass is 486 g/mol. The van der Waals surface area contributed by atoms with E-state index in [1.165, 1.54) is 38.5 Å². The third-order valence-corrected chi connectivity index (χ3v) is 6.24. The minimum atomic E-state index is -4.30. The summed E-state index contributed by atoms with van der Waals surface area (Å²) in [5.41, 5.74) is 0.569. The molecule has 4 aromatic rings. The fourth-order valence-electron chi connectivity index (χ4n) is 3.32. The molecule has 4 rings (SSSR count). The molecule has 12 heteroatoms. The number of nitrogens with one attached hydrogen (secondary N) is 4. The Morgan fingerprint density at radius 3 is 2.41 bits per heavy atom.